The van der Waals surface area contributed by atoms with Crippen LogP contribution in [0.1, 0.15) is 23.7 Å². The van der Waals surface area contributed by atoms with Gasteiger partial charge in [0, 0.05) is 27.4 Å². The van der Waals surface area contributed by atoms with Crippen molar-refractivity contribution in [2.45, 2.75) is 12.5 Å². The Morgan fingerprint density at radius 1 is 1.04 bits per heavy atom. The molecule has 0 aliphatic carbocycles. The van der Waals surface area contributed by atoms with Crippen LogP contribution >= 0.6 is 23.2 Å². The first-order valence-corrected chi connectivity index (χ1v) is 8.09. The van der Waals surface area contributed by atoms with E-state index in [1.54, 1.807) is 30.3 Å². The number of nitrogens with zero attached hydrogens (tertiary/aromatic N) is 1. The van der Waals surface area contributed by atoms with E-state index in [1.165, 1.54) is 0 Å². The highest BCUT2D eigenvalue weighted by Gasteiger charge is 2.29. The second kappa shape index (κ2) is 5.96. The maximum atomic E-state index is 12.2. The number of hydrogen-bond acceptors (Lipinski definition) is 4. The van der Waals surface area contributed by atoms with Gasteiger partial charge in [-0.25, -0.2) is 4.79 Å². The summed E-state index contributed by atoms with van der Waals surface area (Å²) in [5.74, 6) is 0. The molecule has 0 unspecified atom stereocenters. The van der Waals surface area contributed by atoms with Crippen LogP contribution in [0.2, 0.25) is 10.0 Å². The van der Waals surface area contributed by atoms with Crippen LogP contribution < -0.4 is 5.63 Å². The summed E-state index contributed by atoms with van der Waals surface area (Å²) in [4.78, 5) is 17.7. The monoisotopic (exact) mass is 359 g/mol. The van der Waals surface area contributed by atoms with Gasteiger partial charge in [0.25, 0.3) is 0 Å². The number of benzene rings is 2. The molecule has 2 heterocycles. The van der Waals surface area contributed by atoms with Gasteiger partial charge in [0.1, 0.15) is 5.58 Å². The highest BCUT2D eigenvalue weighted by atomic mass is 35.5. The number of para-hydroxylation sites is 1. The lowest BCUT2D eigenvalue weighted by molar-refractivity contribution is 0.0859. The number of rotatable bonds is 2. The average molecular weight is 360 g/mol. The third-order valence-electron chi connectivity index (χ3n) is 3.94. The van der Waals surface area contributed by atoms with Gasteiger partial charge in [-0.05, 0) is 24.3 Å². The van der Waals surface area contributed by atoms with Crippen molar-refractivity contribution in [2.24, 2.45) is 5.16 Å². The Balaban J connectivity index is 1.70. The normalized spacial score (nSPS) is 16.9. The molecule has 4 rings (SSSR count). The molecule has 0 bridgehead atoms. The predicted octanol–water partition coefficient (Wildman–Crippen LogP) is 4.97. The molecule has 1 aliphatic rings. The fourth-order valence-electron chi connectivity index (χ4n) is 2.77. The van der Waals surface area contributed by atoms with Gasteiger partial charge in [0.2, 0.25) is 0 Å². The van der Waals surface area contributed by atoms with Crippen molar-refractivity contribution in [3.05, 3.63) is 80.1 Å². The van der Waals surface area contributed by atoms with Crippen LogP contribution in [0.15, 0.2) is 62.9 Å². The zero-order valence-corrected chi connectivity index (χ0v) is 13.8. The molecular weight excluding hydrogens is 349 g/mol. The Morgan fingerprint density at radius 2 is 1.79 bits per heavy atom. The number of hydrogen-bond donors (Lipinski definition) is 0. The van der Waals surface area contributed by atoms with Crippen LogP contribution in [0.3, 0.4) is 0 Å². The lowest BCUT2D eigenvalue weighted by Crippen LogP contribution is -2.14. The Hall–Kier alpha value is -2.30. The Morgan fingerprint density at radius 3 is 2.58 bits per heavy atom. The lowest BCUT2D eigenvalue weighted by atomic mass is 10.0. The largest absolute Gasteiger partial charge is 0.422 e. The lowest BCUT2D eigenvalue weighted by Gasteiger charge is -2.12. The van der Waals surface area contributed by atoms with Gasteiger partial charge in [-0.2, -0.15) is 0 Å². The van der Waals surface area contributed by atoms with E-state index in [0.717, 1.165) is 5.39 Å². The molecule has 120 valence electrons. The van der Waals surface area contributed by atoms with Gasteiger partial charge < -0.3 is 9.25 Å². The van der Waals surface area contributed by atoms with E-state index in [4.69, 9.17) is 32.5 Å². The average Bonchev–Trinajstić information content (AvgIpc) is 3.03. The summed E-state index contributed by atoms with van der Waals surface area (Å²) in [6, 6.07) is 14.3. The molecule has 2 aromatic carbocycles. The molecule has 0 radical (unpaired) electrons. The maximum Gasteiger partial charge on any atom is 0.345 e. The van der Waals surface area contributed by atoms with E-state index >= 15 is 0 Å². The standard InChI is InChI=1S/C18H11Cl2NO3/c19-12-5-3-6-13(20)17(12)16-9-14(21-24-16)11-8-10-4-1-2-7-15(10)23-18(11)22/h1-8,16H,9H2/t16-/m0/s1. The third-order valence-corrected chi connectivity index (χ3v) is 4.60. The molecule has 1 aliphatic heterocycles. The Labute approximate surface area is 147 Å². The van der Waals surface area contributed by atoms with Crippen LogP contribution in [0.25, 0.3) is 11.0 Å². The zero-order chi connectivity index (χ0) is 16.7. The van der Waals surface area contributed by atoms with E-state index < -0.39 is 11.7 Å². The molecule has 3 aromatic rings. The molecule has 1 atom stereocenters. The van der Waals surface area contributed by atoms with Crippen molar-refractivity contribution in [2.75, 3.05) is 0 Å². The fourth-order valence-corrected chi connectivity index (χ4v) is 3.41. The molecule has 24 heavy (non-hydrogen) atoms. The SMILES string of the molecule is O=c1oc2ccccc2cc1C1=NO[C@H](c2c(Cl)cccc2Cl)C1. The molecule has 0 N–H and O–H groups in total. The molecule has 6 heteroatoms. The van der Waals surface area contributed by atoms with E-state index in [-0.39, 0.29) is 0 Å². The molecule has 1 aromatic heterocycles. The summed E-state index contributed by atoms with van der Waals surface area (Å²) in [6.07, 6.45) is -0.0286. The van der Waals surface area contributed by atoms with Crippen molar-refractivity contribution in [3.8, 4) is 0 Å². The van der Waals surface area contributed by atoms with Gasteiger partial charge in [-0.15, -0.1) is 0 Å². The molecule has 4 nitrogen and oxygen atoms in total. The second-order valence-corrected chi connectivity index (χ2v) is 6.27. The van der Waals surface area contributed by atoms with E-state index in [0.29, 0.717) is 38.9 Å². The molecule has 0 saturated carbocycles. The third kappa shape index (κ3) is 2.58. The van der Waals surface area contributed by atoms with E-state index in [9.17, 15) is 4.79 Å². The van der Waals surface area contributed by atoms with Gasteiger partial charge in [0.15, 0.2) is 6.10 Å². The predicted molar refractivity (Wildman–Crippen MR) is 93.9 cm³/mol. The molecule has 0 spiro atoms. The summed E-state index contributed by atoms with van der Waals surface area (Å²) < 4.78 is 5.35. The fraction of sp³-hybridized carbons (Fsp3) is 0.111. The summed E-state index contributed by atoms with van der Waals surface area (Å²) in [5, 5.41) is 5.90. The summed E-state index contributed by atoms with van der Waals surface area (Å²) >= 11 is 12.4. The first-order chi connectivity index (χ1) is 11.6. The Kier molecular flexibility index (Phi) is 3.79. The minimum Gasteiger partial charge on any atom is -0.422 e. The van der Waals surface area contributed by atoms with Crippen LogP contribution in [0, 0.1) is 0 Å². The second-order valence-electron chi connectivity index (χ2n) is 5.46. The van der Waals surface area contributed by atoms with Crippen molar-refractivity contribution in [1.29, 1.82) is 0 Å². The summed E-state index contributed by atoms with van der Waals surface area (Å²) in [7, 11) is 0. The minimum atomic E-state index is -0.443. The maximum absolute atomic E-state index is 12.2. The van der Waals surface area contributed by atoms with Gasteiger partial charge >= 0.3 is 5.63 Å². The molecular formula is C18H11Cl2NO3. The summed E-state index contributed by atoms with van der Waals surface area (Å²) in [5.41, 5.74) is 1.68. The highest BCUT2D eigenvalue weighted by molar-refractivity contribution is 6.36. The molecule has 0 saturated heterocycles. The van der Waals surface area contributed by atoms with Gasteiger partial charge in [0.05, 0.1) is 11.3 Å². The van der Waals surface area contributed by atoms with Gasteiger partial charge in [-0.3, -0.25) is 0 Å². The minimum absolute atomic E-state index is 0.388. The van der Waals surface area contributed by atoms with E-state index in [1.807, 2.05) is 18.2 Å². The van der Waals surface area contributed by atoms with Crippen LogP contribution in [0.4, 0.5) is 0 Å². The van der Waals surface area contributed by atoms with Crippen molar-refractivity contribution in [1.82, 2.24) is 0 Å². The number of oxime groups is 1. The molecule has 0 fully saturated rings. The van der Waals surface area contributed by atoms with E-state index in [2.05, 4.69) is 5.16 Å². The van der Waals surface area contributed by atoms with Crippen molar-refractivity contribution >= 4 is 39.9 Å². The zero-order valence-electron chi connectivity index (χ0n) is 12.3. The van der Waals surface area contributed by atoms with Crippen LogP contribution in [-0.2, 0) is 4.84 Å². The van der Waals surface area contributed by atoms with Gasteiger partial charge in [-0.1, -0.05) is 52.6 Å². The highest BCUT2D eigenvalue weighted by Crippen LogP contribution is 2.37. The van der Waals surface area contributed by atoms with Crippen LogP contribution in [0.5, 0.6) is 0 Å². The number of halogens is 2. The van der Waals surface area contributed by atoms with Crippen molar-refractivity contribution in [3.63, 3.8) is 0 Å². The first kappa shape index (κ1) is 15.2. The Bertz CT molecular complexity index is 1010. The first-order valence-electron chi connectivity index (χ1n) is 7.33. The number of fused-ring (bicyclic) bond motifs is 1. The smallest absolute Gasteiger partial charge is 0.345 e. The quantitative estimate of drug-likeness (QED) is 0.607. The summed E-state index contributed by atoms with van der Waals surface area (Å²) in [6.45, 7) is 0. The van der Waals surface area contributed by atoms with Crippen molar-refractivity contribution < 1.29 is 9.25 Å². The van der Waals surface area contributed by atoms with Crippen LogP contribution in [-0.4, -0.2) is 5.71 Å². The topological polar surface area (TPSA) is 51.8 Å². The molecule has 0 amide bonds.